The number of hydrogen-bond acceptors (Lipinski definition) is 3. The van der Waals surface area contributed by atoms with E-state index in [1.54, 1.807) is 6.20 Å². The number of H-pyrrole nitrogens is 1. The minimum Gasteiger partial charge on any atom is -0.336 e. The summed E-state index contributed by atoms with van der Waals surface area (Å²) in [6, 6.07) is 18.0. The highest BCUT2D eigenvalue weighted by atomic mass is 35.5. The normalized spacial score (nSPS) is 15.0. The quantitative estimate of drug-likeness (QED) is 0.717. The van der Waals surface area contributed by atoms with Gasteiger partial charge in [0.25, 0.3) is 5.91 Å². The van der Waals surface area contributed by atoms with Gasteiger partial charge < -0.3 is 4.90 Å². The molecule has 2 heterocycles. The third kappa shape index (κ3) is 4.26. The summed E-state index contributed by atoms with van der Waals surface area (Å²) in [5.41, 5.74) is 3.62. The van der Waals surface area contributed by atoms with Crippen molar-refractivity contribution in [1.82, 2.24) is 20.0 Å². The number of amides is 1. The number of carbonyl (C=O) groups is 1. The molecule has 1 aromatic heterocycles. The Labute approximate surface area is 169 Å². The number of carbonyl (C=O) groups excluding carboxylic acids is 1. The van der Waals surface area contributed by atoms with E-state index in [9.17, 15) is 4.79 Å². The van der Waals surface area contributed by atoms with E-state index in [2.05, 4.69) is 39.4 Å². The number of hydrogen-bond donors (Lipinski definition) is 1. The largest absolute Gasteiger partial charge is 0.336 e. The second-order valence-corrected chi connectivity index (χ2v) is 7.47. The van der Waals surface area contributed by atoms with Crippen LogP contribution in [0.1, 0.15) is 15.9 Å². The zero-order chi connectivity index (χ0) is 19.3. The first-order chi connectivity index (χ1) is 13.7. The van der Waals surface area contributed by atoms with Crippen LogP contribution < -0.4 is 0 Å². The maximum atomic E-state index is 13.0. The summed E-state index contributed by atoms with van der Waals surface area (Å²) < 4.78 is 0. The molecule has 1 aliphatic heterocycles. The number of nitrogens with zero attached hydrogens (tertiary/aromatic N) is 3. The van der Waals surface area contributed by atoms with Crippen LogP contribution in [0.15, 0.2) is 60.8 Å². The van der Waals surface area contributed by atoms with Crippen molar-refractivity contribution in [1.29, 1.82) is 0 Å². The number of aromatic nitrogens is 2. The van der Waals surface area contributed by atoms with E-state index in [1.165, 1.54) is 5.56 Å². The van der Waals surface area contributed by atoms with Gasteiger partial charge in [0.05, 0.1) is 17.5 Å². The van der Waals surface area contributed by atoms with Crippen molar-refractivity contribution < 1.29 is 4.79 Å². The van der Waals surface area contributed by atoms with Crippen LogP contribution in [0.5, 0.6) is 0 Å². The van der Waals surface area contributed by atoms with Gasteiger partial charge in [-0.1, -0.05) is 54.1 Å². The fourth-order valence-electron chi connectivity index (χ4n) is 3.56. The average molecular weight is 395 g/mol. The number of aromatic amines is 1. The fourth-order valence-corrected chi connectivity index (χ4v) is 3.69. The van der Waals surface area contributed by atoms with Gasteiger partial charge in [-0.25, -0.2) is 0 Å². The van der Waals surface area contributed by atoms with Gasteiger partial charge in [0.2, 0.25) is 0 Å². The summed E-state index contributed by atoms with van der Waals surface area (Å²) >= 11 is 5.97. The second kappa shape index (κ2) is 8.59. The summed E-state index contributed by atoms with van der Waals surface area (Å²) in [7, 11) is 0. The number of benzene rings is 2. The SMILES string of the molecule is O=C(c1cn[nH]c1-c1ccc(Cl)cc1)N1CCN(CCc2ccccc2)CC1. The van der Waals surface area contributed by atoms with E-state index in [0.29, 0.717) is 10.6 Å². The molecule has 1 aliphatic rings. The van der Waals surface area contributed by atoms with Crippen LogP contribution in [0.3, 0.4) is 0 Å². The molecule has 0 aliphatic carbocycles. The van der Waals surface area contributed by atoms with Gasteiger partial charge in [-0.2, -0.15) is 5.10 Å². The molecule has 0 spiro atoms. The summed E-state index contributed by atoms with van der Waals surface area (Å²) in [6.07, 6.45) is 2.66. The van der Waals surface area contributed by atoms with Gasteiger partial charge in [0.1, 0.15) is 0 Å². The smallest absolute Gasteiger partial charge is 0.257 e. The topological polar surface area (TPSA) is 52.2 Å². The number of nitrogens with one attached hydrogen (secondary N) is 1. The highest BCUT2D eigenvalue weighted by molar-refractivity contribution is 6.30. The Morgan fingerprint density at radius 2 is 1.71 bits per heavy atom. The Hall–Kier alpha value is -2.63. The summed E-state index contributed by atoms with van der Waals surface area (Å²) in [4.78, 5) is 17.4. The Morgan fingerprint density at radius 1 is 1.00 bits per heavy atom. The van der Waals surface area contributed by atoms with Crippen molar-refractivity contribution in [3.8, 4) is 11.3 Å². The average Bonchev–Trinajstić information content (AvgIpc) is 3.23. The van der Waals surface area contributed by atoms with Gasteiger partial charge >= 0.3 is 0 Å². The van der Waals surface area contributed by atoms with E-state index >= 15 is 0 Å². The van der Waals surface area contributed by atoms with E-state index < -0.39 is 0 Å². The predicted molar refractivity (Wildman–Crippen MR) is 112 cm³/mol. The first-order valence-electron chi connectivity index (χ1n) is 9.55. The zero-order valence-electron chi connectivity index (χ0n) is 15.6. The molecule has 5 nitrogen and oxygen atoms in total. The van der Waals surface area contributed by atoms with Crippen LogP contribution in [0.25, 0.3) is 11.3 Å². The van der Waals surface area contributed by atoms with E-state index in [0.717, 1.165) is 50.4 Å². The summed E-state index contributed by atoms with van der Waals surface area (Å²) in [6.45, 7) is 4.28. The van der Waals surface area contributed by atoms with Gasteiger partial charge in [-0.15, -0.1) is 0 Å². The predicted octanol–water partition coefficient (Wildman–Crippen LogP) is 3.73. The Bertz CT molecular complexity index is 915. The first-order valence-corrected chi connectivity index (χ1v) is 9.93. The highest BCUT2D eigenvalue weighted by Gasteiger charge is 2.25. The van der Waals surface area contributed by atoms with Crippen molar-refractivity contribution in [3.63, 3.8) is 0 Å². The van der Waals surface area contributed by atoms with Crippen LogP contribution in [0.4, 0.5) is 0 Å². The molecular weight excluding hydrogens is 372 g/mol. The fraction of sp³-hybridized carbons (Fsp3) is 0.273. The maximum absolute atomic E-state index is 13.0. The van der Waals surface area contributed by atoms with Gasteiger partial charge in [-0.05, 0) is 24.1 Å². The molecule has 0 bridgehead atoms. The Morgan fingerprint density at radius 3 is 2.43 bits per heavy atom. The molecule has 1 N–H and O–H groups in total. The molecule has 6 heteroatoms. The molecule has 0 radical (unpaired) electrons. The Balaban J connectivity index is 1.36. The molecule has 3 aromatic rings. The van der Waals surface area contributed by atoms with Gasteiger partial charge in [0.15, 0.2) is 0 Å². The molecule has 28 heavy (non-hydrogen) atoms. The molecule has 0 unspecified atom stereocenters. The second-order valence-electron chi connectivity index (χ2n) is 7.04. The molecule has 4 rings (SSSR count). The van der Waals surface area contributed by atoms with Crippen LogP contribution in [0, 0.1) is 0 Å². The first kappa shape index (κ1) is 18.7. The molecule has 2 aromatic carbocycles. The molecule has 0 saturated carbocycles. The highest BCUT2D eigenvalue weighted by Crippen LogP contribution is 2.24. The number of rotatable bonds is 5. The van der Waals surface area contributed by atoms with Crippen molar-refractivity contribution in [2.45, 2.75) is 6.42 Å². The minimum atomic E-state index is 0.0291. The molecule has 1 amide bonds. The lowest BCUT2D eigenvalue weighted by atomic mass is 10.1. The van der Waals surface area contributed by atoms with Crippen molar-refractivity contribution in [2.75, 3.05) is 32.7 Å². The third-order valence-corrected chi connectivity index (χ3v) is 5.47. The standard InChI is InChI=1S/C22H23ClN4O/c23-19-8-6-18(7-9-19)21-20(16-24-25-21)22(28)27-14-12-26(13-15-27)11-10-17-4-2-1-3-5-17/h1-9,16H,10-15H2,(H,24,25). The maximum Gasteiger partial charge on any atom is 0.257 e. The third-order valence-electron chi connectivity index (χ3n) is 5.22. The summed E-state index contributed by atoms with van der Waals surface area (Å²) in [5, 5.41) is 7.73. The lowest BCUT2D eigenvalue weighted by molar-refractivity contribution is 0.0639. The summed E-state index contributed by atoms with van der Waals surface area (Å²) in [5.74, 6) is 0.0291. The monoisotopic (exact) mass is 394 g/mol. The lowest BCUT2D eigenvalue weighted by Gasteiger charge is -2.34. The molecule has 1 fully saturated rings. The van der Waals surface area contributed by atoms with Crippen LogP contribution in [-0.4, -0.2) is 58.6 Å². The number of halogens is 1. The van der Waals surface area contributed by atoms with Crippen LogP contribution >= 0.6 is 11.6 Å². The van der Waals surface area contributed by atoms with E-state index in [4.69, 9.17) is 11.6 Å². The zero-order valence-corrected chi connectivity index (χ0v) is 16.4. The van der Waals surface area contributed by atoms with Gasteiger partial charge in [-0.3, -0.25) is 14.8 Å². The molecule has 1 saturated heterocycles. The number of piperazine rings is 1. The molecular formula is C22H23ClN4O. The minimum absolute atomic E-state index is 0.0291. The van der Waals surface area contributed by atoms with Crippen LogP contribution in [0.2, 0.25) is 5.02 Å². The van der Waals surface area contributed by atoms with Crippen molar-refractivity contribution in [2.24, 2.45) is 0 Å². The lowest BCUT2D eigenvalue weighted by Crippen LogP contribution is -2.49. The molecule has 144 valence electrons. The van der Waals surface area contributed by atoms with Gasteiger partial charge in [0, 0.05) is 43.3 Å². The van der Waals surface area contributed by atoms with Crippen molar-refractivity contribution in [3.05, 3.63) is 76.9 Å². The molecule has 0 atom stereocenters. The van der Waals surface area contributed by atoms with E-state index in [1.807, 2.05) is 35.2 Å². The van der Waals surface area contributed by atoms with Crippen molar-refractivity contribution >= 4 is 17.5 Å². The van der Waals surface area contributed by atoms with Crippen LogP contribution in [-0.2, 0) is 6.42 Å². The Kier molecular flexibility index (Phi) is 5.74. The van der Waals surface area contributed by atoms with E-state index in [-0.39, 0.29) is 5.91 Å².